The van der Waals surface area contributed by atoms with Gasteiger partial charge in [0.05, 0.1) is 25.3 Å². The number of ether oxygens (including phenoxy) is 2. The Morgan fingerprint density at radius 2 is 1.94 bits per heavy atom. The van der Waals surface area contributed by atoms with Crippen LogP contribution in [0.5, 0.6) is 0 Å². The van der Waals surface area contributed by atoms with Crippen LogP contribution in [0, 0.1) is 0 Å². The van der Waals surface area contributed by atoms with Crippen molar-refractivity contribution in [1.82, 2.24) is 4.98 Å². The molecule has 1 aromatic rings. The van der Waals surface area contributed by atoms with Crippen LogP contribution in [0.1, 0.15) is 29.2 Å². The van der Waals surface area contributed by atoms with Gasteiger partial charge in [0, 0.05) is 0 Å². The van der Waals surface area contributed by atoms with Crippen molar-refractivity contribution in [3.8, 4) is 0 Å². The molecule has 0 saturated heterocycles. The van der Waals surface area contributed by atoms with Crippen LogP contribution in [0.25, 0.3) is 0 Å². The highest BCUT2D eigenvalue weighted by Crippen LogP contribution is 2.22. The van der Waals surface area contributed by atoms with Gasteiger partial charge in [-0.05, 0) is 13.8 Å². The molecule has 0 radical (unpaired) electrons. The fraction of sp³-hybridized carbons (Fsp3) is 0.500. The fourth-order valence-corrected chi connectivity index (χ4v) is 1.94. The van der Waals surface area contributed by atoms with E-state index in [1.807, 2.05) is 0 Å². The summed E-state index contributed by atoms with van der Waals surface area (Å²) >= 11 is 1.01. The summed E-state index contributed by atoms with van der Waals surface area (Å²) < 4.78 is 9.63. The van der Waals surface area contributed by atoms with E-state index in [1.54, 1.807) is 13.8 Å². The number of esters is 2. The Bertz CT molecular complexity index is 416. The molecule has 0 unspecified atom stereocenters. The Kier molecular flexibility index (Phi) is 4.89. The molecule has 17 heavy (non-hydrogen) atoms. The molecule has 2 N–H and O–H groups in total. The van der Waals surface area contributed by atoms with Gasteiger partial charge in [0.15, 0.2) is 5.13 Å². The Balaban J connectivity index is 2.84. The smallest absolute Gasteiger partial charge is 0.350 e. The molecule has 0 aliphatic carbocycles. The van der Waals surface area contributed by atoms with Gasteiger partial charge in [0.1, 0.15) is 4.88 Å². The van der Waals surface area contributed by atoms with Crippen LogP contribution >= 0.6 is 11.3 Å². The molecule has 0 amide bonds. The Hall–Kier alpha value is -1.63. The van der Waals surface area contributed by atoms with E-state index in [9.17, 15) is 9.59 Å². The van der Waals surface area contributed by atoms with E-state index in [1.165, 1.54) is 0 Å². The van der Waals surface area contributed by atoms with Gasteiger partial charge in [0.2, 0.25) is 0 Å². The van der Waals surface area contributed by atoms with E-state index in [0.717, 1.165) is 11.3 Å². The average Bonchev–Trinajstić information content (AvgIpc) is 2.60. The molecular weight excluding hydrogens is 244 g/mol. The molecule has 0 aromatic carbocycles. The number of hydrogen-bond donors (Lipinski definition) is 1. The zero-order valence-corrected chi connectivity index (χ0v) is 10.5. The van der Waals surface area contributed by atoms with Crippen molar-refractivity contribution < 1.29 is 19.1 Å². The third kappa shape index (κ3) is 3.70. The molecule has 94 valence electrons. The fourth-order valence-electron chi connectivity index (χ4n) is 1.19. The van der Waals surface area contributed by atoms with Gasteiger partial charge in [-0.1, -0.05) is 11.3 Å². The van der Waals surface area contributed by atoms with Crippen LogP contribution in [-0.2, 0) is 20.7 Å². The maximum absolute atomic E-state index is 11.6. The first-order valence-electron chi connectivity index (χ1n) is 5.16. The second kappa shape index (κ2) is 6.19. The second-order valence-corrected chi connectivity index (χ2v) is 4.06. The zero-order valence-electron chi connectivity index (χ0n) is 9.69. The van der Waals surface area contributed by atoms with E-state index in [0.29, 0.717) is 5.69 Å². The number of nitrogens with zero attached hydrogens (tertiary/aromatic N) is 1. The summed E-state index contributed by atoms with van der Waals surface area (Å²) in [5.41, 5.74) is 5.82. The van der Waals surface area contributed by atoms with Gasteiger partial charge in [-0.15, -0.1) is 0 Å². The van der Waals surface area contributed by atoms with Crippen molar-refractivity contribution in [3.05, 3.63) is 10.6 Å². The molecule has 0 aliphatic heterocycles. The number of nitrogen functional groups attached to an aromatic ring is 1. The van der Waals surface area contributed by atoms with Crippen LogP contribution in [0.15, 0.2) is 0 Å². The van der Waals surface area contributed by atoms with Crippen LogP contribution < -0.4 is 5.73 Å². The lowest BCUT2D eigenvalue weighted by Crippen LogP contribution is -2.12. The van der Waals surface area contributed by atoms with Crippen LogP contribution in [0.4, 0.5) is 5.13 Å². The van der Waals surface area contributed by atoms with Gasteiger partial charge >= 0.3 is 11.9 Å². The number of carbonyl (C=O) groups excluding carboxylic acids is 2. The maximum atomic E-state index is 11.6. The summed E-state index contributed by atoms with van der Waals surface area (Å²) in [4.78, 5) is 27.1. The predicted molar refractivity (Wildman–Crippen MR) is 62.8 cm³/mol. The lowest BCUT2D eigenvalue weighted by Gasteiger charge is -2.02. The maximum Gasteiger partial charge on any atom is 0.350 e. The third-order valence-electron chi connectivity index (χ3n) is 1.79. The van der Waals surface area contributed by atoms with E-state index in [-0.39, 0.29) is 29.6 Å². The van der Waals surface area contributed by atoms with Crippen molar-refractivity contribution in [3.63, 3.8) is 0 Å². The van der Waals surface area contributed by atoms with Crippen molar-refractivity contribution >= 4 is 28.4 Å². The lowest BCUT2D eigenvalue weighted by atomic mass is 10.3. The lowest BCUT2D eigenvalue weighted by molar-refractivity contribution is -0.142. The highest BCUT2D eigenvalue weighted by Gasteiger charge is 2.20. The van der Waals surface area contributed by atoms with Crippen molar-refractivity contribution in [2.24, 2.45) is 0 Å². The molecule has 6 nitrogen and oxygen atoms in total. The molecule has 1 aromatic heterocycles. The third-order valence-corrected chi connectivity index (χ3v) is 2.70. The van der Waals surface area contributed by atoms with Gasteiger partial charge < -0.3 is 15.2 Å². The average molecular weight is 258 g/mol. The van der Waals surface area contributed by atoms with Gasteiger partial charge in [0.25, 0.3) is 0 Å². The van der Waals surface area contributed by atoms with Crippen LogP contribution in [0.3, 0.4) is 0 Å². The highest BCUT2D eigenvalue weighted by atomic mass is 32.1. The van der Waals surface area contributed by atoms with Gasteiger partial charge in [-0.3, -0.25) is 4.79 Å². The standard InChI is InChI=1S/C10H14N2O4S/c1-3-15-7(13)5-6-8(9(14)16-4-2)17-10(11)12-6/h3-5H2,1-2H3,(H2,11,12). The monoisotopic (exact) mass is 258 g/mol. The summed E-state index contributed by atoms with van der Waals surface area (Å²) in [7, 11) is 0. The molecule has 0 spiro atoms. The summed E-state index contributed by atoms with van der Waals surface area (Å²) in [6.07, 6.45) is -0.0737. The summed E-state index contributed by atoms with van der Waals surface area (Å²) in [5, 5.41) is 0.229. The van der Waals surface area contributed by atoms with Crippen molar-refractivity contribution in [1.29, 1.82) is 0 Å². The minimum absolute atomic E-state index is 0.0737. The number of thiazole rings is 1. The Labute approximate surface area is 103 Å². The highest BCUT2D eigenvalue weighted by molar-refractivity contribution is 7.17. The Morgan fingerprint density at radius 1 is 1.29 bits per heavy atom. The van der Waals surface area contributed by atoms with E-state index in [4.69, 9.17) is 15.2 Å². The predicted octanol–water partition coefficient (Wildman–Crippen LogP) is 1.01. The van der Waals surface area contributed by atoms with Gasteiger partial charge in [-0.25, -0.2) is 9.78 Å². The van der Waals surface area contributed by atoms with E-state index < -0.39 is 11.9 Å². The molecule has 0 bridgehead atoms. The summed E-state index contributed by atoms with van der Waals surface area (Å²) in [6.45, 7) is 3.95. The first kappa shape index (κ1) is 13.4. The van der Waals surface area contributed by atoms with E-state index >= 15 is 0 Å². The topological polar surface area (TPSA) is 91.5 Å². The summed E-state index contributed by atoms with van der Waals surface area (Å²) in [6, 6.07) is 0. The molecule has 7 heteroatoms. The molecular formula is C10H14N2O4S. The number of rotatable bonds is 5. The number of carbonyl (C=O) groups is 2. The van der Waals surface area contributed by atoms with Crippen molar-refractivity contribution in [2.45, 2.75) is 20.3 Å². The Morgan fingerprint density at radius 3 is 2.53 bits per heavy atom. The number of aromatic nitrogens is 1. The number of anilines is 1. The normalized spacial score (nSPS) is 10.0. The molecule has 0 atom stereocenters. The summed E-state index contributed by atoms with van der Waals surface area (Å²) in [5.74, 6) is -0.954. The number of nitrogens with two attached hydrogens (primary N) is 1. The second-order valence-electron chi connectivity index (χ2n) is 3.03. The molecule has 1 rings (SSSR count). The van der Waals surface area contributed by atoms with E-state index in [2.05, 4.69) is 4.98 Å². The number of hydrogen-bond acceptors (Lipinski definition) is 7. The SMILES string of the molecule is CCOC(=O)Cc1nc(N)sc1C(=O)OCC. The first-order valence-corrected chi connectivity index (χ1v) is 5.98. The molecule has 0 fully saturated rings. The minimum atomic E-state index is -0.513. The molecule has 1 heterocycles. The largest absolute Gasteiger partial charge is 0.466 e. The first-order chi connectivity index (χ1) is 8.08. The molecule has 0 saturated carbocycles. The van der Waals surface area contributed by atoms with Crippen molar-refractivity contribution in [2.75, 3.05) is 18.9 Å². The zero-order chi connectivity index (χ0) is 12.8. The quantitative estimate of drug-likeness (QED) is 0.792. The minimum Gasteiger partial charge on any atom is -0.466 e. The van der Waals surface area contributed by atoms with Gasteiger partial charge in [-0.2, -0.15) is 0 Å². The van der Waals surface area contributed by atoms with Crippen LogP contribution in [-0.4, -0.2) is 30.1 Å². The van der Waals surface area contributed by atoms with Crippen LogP contribution in [0.2, 0.25) is 0 Å². The molecule has 0 aliphatic rings.